The molecule has 0 unspecified atom stereocenters. The van der Waals surface area contributed by atoms with Crippen LogP contribution in [0.15, 0.2) is 54.9 Å². The second kappa shape index (κ2) is 7.08. The van der Waals surface area contributed by atoms with Gasteiger partial charge in [0.25, 0.3) is 5.91 Å². The molecule has 2 N–H and O–H groups in total. The highest BCUT2D eigenvalue weighted by Gasteiger charge is 2.36. The Bertz CT molecular complexity index is 1390. The van der Waals surface area contributed by atoms with E-state index in [1.54, 1.807) is 43.7 Å². The normalized spacial score (nSPS) is 15.6. The molecule has 4 aromatic rings. The summed E-state index contributed by atoms with van der Waals surface area (Å²) < 4.78 is 44.4. The summed E-state index contributed by atoms with van der Waals surface area (Å²) in [6.45, 7) is 0.0808. The average Bonchev–Trinajstić information content (AvgIpc) is 3.21. The van der Waals surface area contributed by atoms with E-state index in [0.717, 1.165) is 28.3 Å². The number of alkyl halides is 3. The molecular formula is C23H17F3N4O2. The number of halogens is 3. The van der Waals surface area contributed by atoms with Crippen LogP contribution in [-0.2, 0) is 6.18 Å². The summed E-state index contributed by atoms with van der Waals surface area (Å²) in [7, 11) is 1.61. The fourth-order valence-corrected chi connectivity index (χ4v) is 4.04. The van der Waals surface area contributed by atoms with Gasteiger partial charge in [0, 0.05) is 46.7 Å². The number of rotatable bonds is 2. The van der Waals surface area contributed by atoms with Crippen molar-refractivity contribution in [3.8, 4) is 5.75 Å². The van der Waals surface area contributed by atoms with Gasteiger partial charge in [0.2, 0.25) is 0 Å². The quantitative estimate of drug-likeness (QED) is 0.463. The minimum Gasteiger partial charge on any atom is -0.491 e. The summed E-state index contributed by atoms with van der Waals surface area (Å²) >= 11 is 0. The number of anilines is 1. The van der Waals surface area contributed by atoms with E-state index in [2.05, 4.69) is 9.97 Å². The van der Waals surface area contributed by atoms with Gasteiger partial charge in [-0.15, -0.1) is 0 Å². The highest BCUT2D eigenvalue weighted by atomic mass is 19.4. The molecule has 5 rings (SSSR count). The minimum absolute atomic E-state index is 0.0808. The topological polar surface area (TPSA) is 81.3 Å². The zero-order chi connectivity index (χ0) is 22.6. The third-order valence-electron chi connectivity index (χ3n) is 5.76. The molecule has 2 aromatic carbocycles. The largest absolute Gasteiger partial charge is 0.491 e. The number of amides is 1. The van der Waals surface area contributed by atoms with Gasteiger partial charge in [0.15, 0.2) is 0 Å². The Morgan fingerprint density at radius 1 is 1.12 bits per heavy atom. The Kier molecular flexibility index (Phi) is 4.44. The third-order valence-corrected chi connectivity index (χ3v) is 5.76. The molecule has 0 fully saturated rings. The first-order valence-electron chi connectivity index (χ1n) is 9.78. The van der Waals surface area contributed by atoms with E-state index in [0.29, 0.717) is 22.5 Å². The molecule has 9 heteroatoms. The zero-order valence-electron chi connectivity index (χ0n) is 16.8. The Morgan fingerprint density at radius 3 is 2.72 bits per heavy atom. The summed E-state index contributed by atoms with van der Waals surface area (Å²) in [4.78, 5) is 23.3. The maximum absolute atomic E-state index is 13.2. The first-order valence-corrected chi connectivity index (χ1v) is 9.78. The van der Waals surface area contributed by atoms with Crippen molar-refractivity contribution in [3.05, 3.63) is 71.5 Å². The molecular weight excluding hydrogens is 421 g/mol. The number of carbonyl (C=O) groups excluding carboxylic acids is 1. The minimum atomic E-state index is -4.46. The number of benzene rings is 2. The van der Waals surface area contributed by atoms with E-state index in [-0.39, 0.29) is 18.3 Å². The molecule has 0 bridgehead atoms. The monoisotopic (exact) mass is 438 g/mol. The second-order valence-corrected chi connectivity index (χ2v) is 7.64. The van der Waals surface area contributed by atoms with Crippen molar-refractivity contribution in [1.29, 1.82) is 0 Å². The molecule has 3 heterocycles. The van der Waals surface area contributed by atoms with Crippen LogP contribution in [-0.4, -0.2) is 34.4 Å². The number of pyridine rings is 2. The van der Waals surface area contributed by atoms with Gasteiger partial charge >= 0.3 is 6.18 Å². The first-order chi connectivity index (χ1) is 15.2. The van der Waals surface area contributed by atoms with E-state index < -0.39 is 17.8 Å². The van der Waals surface area contributed by atoms with E-state index in [4.69, 9.17) is 10.5 Å². The molecule has 1 amide bonds. The Labute approximate surface area is 180 Å². The highest BCUT2D eigenvalue weighted by molar-refractivity contribution is 6.11. The van der Waals surface area contributed by atoms with Crippen molar-refractivity contribution in [2.75, 3.05) is 19.4 Å². The van der Waals surface area contributed by atoms with Crippen LogP contribution in [0.2, 0.25) is 0 Å². The van der Waals surface area contributed by atoms with Gasteiger partial charge in [-0.25, -0.2) is 4.98 Å². The molecule has 0 spiro atoms. The van der Waals surface area contributed by atoms with Crippen LogP contribution in [0.3, 0.4) is 0 Å². The van der Waals surface area contributed by atoms with Crippen LogP contribution in [0.25, 0.3) is 21.7 Å². The molecule has 2 aromatic heterocycles. The number of ether oxygens (including phenoxy) is 1. The van der Waals surface area contributed by atoms with Crippen LogP contribution in [0, 0.1) is 0 Å². The van der Waals surface area contributed by atoms with Gasteiger partial charge in [0.1, 0.15) is 18.2 Å². The fraction of sp³-hybridized carbons (Fsp3) is 0.174. The van der Waals surface area contributed by atoms with Gasteiger partial charge in [0.05, 0.1) is 17.1 Å². The summed E-state index contributed by atoms with van der Waals surface area (Å²) in [6.07, 6.45) is -1.16. The van der Waals surface area contributed by atoms with Gasteiger partial charge in [-0.3, -0.25) is 9.78 Å². The molecule has 0 saturated heterocycles. The first kappa shape index (κ1) is 20.0. The number of fused-ring (bicyclic) bond motifs is 4. The summed E-state index contributed by atoms with van der Waals surface area (Å²) in [5.74, 6) is 0.228. The molecule has 1 aliphatic heterocycles. The average molecular weight is 438 g/mol. The molecule has 6 nitrogen and oxygen atoms in total. The molecule has 0 radical (unpaired) electrons. The van der Waals surface area contributed by atoms with Crippen molar-refractivity contribution in [2.24, 2.45) is 0 Å². The Hall–Kier alpha value is -3.88. The number of hydrogen-bond acceptors (Lipinski definition) is 5. The van der Waals surface area contributed by atoms with Crippen molar-refractivity contribution in [3.63, 3.8) is 0 Å². The number of carbonyl (C=O) groups is 1. The van der Waals surface area contributed by atoms with Crippen molar-refractivity contribution < 1.29 is 22.7 Å². The lowest BCUT2D eigenvalue weighted by molar-refractivity contribution is -0.137. The van der Waals surface area contributed by atoms with Crippen LogP contribution < -0.4 is 10.5 Å². The van der Waals surface area contributed by atoms with E-state index in [9.17, 15) is 18.0 Å². The smallest absolute Gasteiger partial charge is 0.416 e. The highest BCUT2D eigenvalue weighted by Crippen LogP contribution is 2.40. The van der Waals surface area contributed by atoms with Crippen molar-refractivity contribution in [2.45, 2.75) is 12.2 Å². The van der Waals surface area contributed by atoms with E-state index >= 15 is 0 Å². The number of aromatic nitrogens is 2. The van der Waals surface area contributed by atoms with Gasteiger partial charge < -0.3 is 15.4 Å². The van der Waals surface area contributed by atoms with E-state index in [1.165, 1.54) is 11.0 Å². The fourth-order valence-electron chi connectivity index (χ4n) is 4.04. The number of likely N-dealkylation sites (N-methyl/N-ethyl adjacent to an activating group) is 1. The summed E-state index contributed by atoms with van der Waals surface area (Å²) in [5, 5.41) is 2.25. The van der Waals surface area contributed by atoms with E-state index in [1.807, 2.05) is 0 Å². The predicted molar refractivity (Wildman–Crippen MR) is 113 cm³/mol. The molecule has 0 saturated carbocycles. The summed E-state index contributed by atoms with van der Waals surface area (Å²) in [5.41, 5.74) is 6.84. The lowest BCUT2D eigenvalue weighted by Gasteiger charge is -2.24. The molecule has 0 aliphatic carbocycles. The lowest BCUT2D eigenvalue weighted by atomic mass is 10.0. The van der Waals surface area contributed by atoms with Gasteiger partial charge in [-0.2, -0.15) is 13.2 Å². The Balaban J connectivity index is 1.50. The molecule has 1 aliphatic rings. The SMILES string of the molecule is CN(C(=O)c1ccc2nc(N)c3ccncc3c2c1)[C@@H]1COc2cc(C(F)(F)F)ccc21. The number of hydrogen-bond donors (Lipinski definition) is 1. The van der Waals surface area contributed by atoms with Gasteiger partial charge in [-0.1, -0.05) is 6.07 Å². The predicted octanol–water partition coefficient (Wildman–Crippen LogP) is 4.59. The summed E-state index contributed by atoms with van der Waals surface area (Å²) in [6, 6.07) is 9.70. The van der Waals surface area contributed by atoms with Crippen LogP contribution in [0.4, 0.5) is 19.0 Å². The third kappa shape index (κ3) is 3.17. The maximum Gasteiger partial charge on any atom is 0.416 e. The standard InChI is InChI=1S/C23H17F3N4O2/c1-30(19-11-32-20-9-13(23(24,25)26)3-4-15(19)20)22(31)12-2-5-18-16(8-12)17-10-28-7-6-14(17)21(27)29-18/h2-10,19H,11H2,1H3,(H2,27,29)/t19-/m1/s1. The van der Waals surface area contributed by atoms with Crippen LogP contribution >= 0.6 is 0 Å². The molecule has 162 valence electrons. The molecule has 1 atom stereocenters. The zero-order valence-corrected chi connectivity index (χ0v) is 16.8. The van der Waals surface area contributed by atoms with Crippen molar-refractivity contribution >= 4 is 33.4 Å². The number of nitrogens with two attached hydrogens (primary N) is 1. The molecule has 32 heavy (non-hydrogen) atoms. The van der Waals surface area contributed by atoms with Crippen LogP contribution in [0.5, 0.6) is 5.75 Å². The van der Waals surface area contributed by atoms with Crippen LogP contribution in [0.1, 0.15) is 27.5 Å². The maximum atomic E-state index is 13.2. The van der Waals surface area contributed by atoms with Crippen molar-refractivity contribution in [1.82, 2.24) is 14.9 Å². The van der Waals surface area contributed by atoms with Gasteiger partial charge in [-0.05, 0) is 36.4 Å². The second-order valence-electron chi connectivity index (χ2n) is 7.64. The number of nitrogens with zero attached hydrogens (tertiary/aromatic N) is 3. The number of nitrogen functional groups attached to an aromatic ring is 1. The Morgan fingerprint density at radius 2 is 1.94 bits per heavy atom. The lowest BCUT2D eigenvalue weighted by Crippen LogP contribution is -2.32.